The average Bonchev–Trinajstić information content (AvgIpc) is 2.89. The minimum atomic E-state index is -1.11. The molecule has 2 aromatic carbocycles. The van der Waals surface area contributed by atoms with E-state index < -0.39 is 5.79 Å². The van der Waals surface area contributed by atoms with Crippen molar-refractivity contribution >= 4 is 5.97 Å². The zero-order valence-electron chi connectivity index (χ0n) is 13.5. The van der Waals surface area contributed by atoms with Crippen LogP contribution in [-0.2, 0) is 15.3 Å². The molecule has 1 heterocycles. The molecule has 23 heavy (non-hydrogen) atoms. The number of benzene rings is 2. The maximum absolute atomic E-state index is 12.3. The van der Waals surface area contributed by atoms with Gasteiger partial charge in [-0.2, -0.15) is 0 Å². The largest absolute Gasteiger partial charge is 0.420 e. The van der Waals surface area contributed by atoms with Gasteiger partial charge in [0.15, 0.2) is 0 Å². The van der Waals surface area contributed by atoms with E-state index in [2.05, 4.69) is 6.92 Å². The molecule has 0 unspecified atom stereocenters. The van der Waals surface area contributed by atoms with Crippen LogP contribution in [0.3, 0.4) is 0 Å². The summed E-state index contributed by atoms with van der Waals surface area (Å²) in [5, 5.41) is 0. The second kappa shape index (κ2) is 6.97. The molecule has 0 saturated carbocycles. The zero-order chi connectivity index (χ0) is 16.1. The number of carbonyl (C=O) groups excluding carboxylic acids is 1. The lowest BCUT2D eigenvalue weighted by Gasteiger charge is -2.29. The first-order chi connectivity index (χ1) is 11.3. The third-order valence-corrected chi connectivity index (χ3v) is 4.20. The van der Waals surface area contributed by atoms with Crippen molar-refractivity contribution in [1.82, 2.24) is 0 Å². The molecular formula is C20H22O3. The summed E-state index contributed by atoms with van der Waals surface area (Å²) in [4.78, 5) is 12.3. The van der Waals surface area contributed by atoms with Crippen molar-refractivity contribution in [3.8, 4) is 0 Å². The van der Waals surface area contributed by atoms with E-state index in [1.807, 2.05) is 48.5 Å². The van der Waals surface area contributed by atoms with Crippen LogP contribution in [0.2, 0.25) is 0 Å². The Morgan fingerprint density at radius 3 is 2.48 bits per heavy atom. The molecule has 2 aromatic rings. The van der Waals surface area contributed by atoms with Crippen LogP contribution < -0.4 is 0 Å². The molecule has 3 heteroatoms. The first-order valence-corrected chi connectivity index (χ1v) is 8.30. The van der Waals surface area contributed by atoms with Crippen molar-refractivity contribution < 1.29 is 14.3 Å². The first-order valence-electron chi connectivity index (χ1n) is 8.30. The Morgan fingerprint density at radius 1 is 0.957 bits per heavy atom. The number of rotatable bonds is 7. The highest BCUT2D eigenvalue weighted by Crippen LogP contribution is 2.42. The summed E-state index contributed by atoms with van der Waals surface area (Å²) in [5.41, 5.74) is 2.24. The van der Waals surface area contributed by atoms with Crippen molar-refractivity contribution in [3.63, 3.8) is 0 Å². The van der Waals surface area contributed by atoms with E-state index in [-0.39, 0.29) is 5.97 Å². The van der Waals surface area contributed by atoms with E-state index in [1.54, 1.807) is 6.07 Å². The Balaban J connectivity index is 1.92. The number of hydrogen-bond acceptors (Lipinski definition) is 3. The van der Waals surface area contributed by atoms with Gasteiger partial charge in [-0.1, -0.05) is 74.7 Å². The number of esters is 1. The molecule has 0 amide bonds. The van der Waals surface area contributed by atoms with Crippen LogP contribution in [0.4, 0.5) is 0 Å². The molecule has 120 valence electrons. The monoisotopic (exact) mass is 310 g/mol. The average molecular weight is 310 g/mol. The summed E-state index contributed by atoms with van der Waals surface area (Å²) in [5.74, 6) is -1.43. The highest BCUT2D eigenvalue weighted by atomic mass is 16.7. The predicted octanol–water partition coefficient (Wildman–Crippen LogP) is 4.66. The van der Waals surface area contributed by atoms with Crippen molar-refractivity contribution in [2.24, 2.45) is 0 Å². The van der Waals surface area contributed by atoms with E-state index in [4.69, 9.17) is 9.47 Å². The van der Waals surface area contributed by atoms with Crippen molar-refractivity contribution in [2.45, 2.75) is 38.4 Å². The second-order valence-corrected chi connectivity index (χ2v) is 5.83. The fourth-order valence-corrected chi connectivity index (χ4v) is 3.00. The van der Waals surface area contributed by atoms with Crippen molar-refractivity contribution in [1.29, 1.82) is 0 Å². The van der Waals surface area contributed by atoms with Crippen molar-refractivity contribution in [2.75, 3.05) is 6.61 Å². The van der Waals surface area contributed by atoms with Gasteiger partial charge < -0.3 is 9.47 Å². The van der Waals surface area contributed by atoms with Gasteiger partial charge in [0, 0.05) is 11.1 Å². The smallest absolute Gasteiger partial charge is 0.341 e. The van der Waals surface area contributed by atoms with Crippen LogP contribution in [0.5, 0.6) is 0 Å². The summed E-state index contributed by atoms with van der Waals surface area (Å²) < 4.78 is 11.9. The third kappa shape index (κ3) is 3.02. The highest BCUT2D eigenvalue weighted by molar-refractivity contribution is 5.95. The molecule has 0 aliphatic carbocycles. The molecule has 0 saturated heterocycles. The van der Waals surface area contributed by atoms with Gasteiger partial charge in [-0.15, -0.1) is 0 Å². The van der Waals surface area contributed by atoms with Crippen molar-refractivity contribution in [3.05, 3.63) is 71.3 Å². The highest BCUT2D eigenvalue weighted by Gasteiger charge is 2.48. The molecule has 0 bridgehead atoms. The Hall–Kier alpha value is -2.13. The van der Waals surface area contributed by atoms with Crippen LogP contribution in [-0.4, -0.2) is 12.6 Å². The number of hydrogen-bond donors (Lipinski definition) is 0. The summed E-state index contributed by atoms with van der Waals surface area (Å²) >= 11 is 0. The molecule has 0 aromatic heterocycles. The molecular weight excluding hydrogens is 288 g/mol. The van der Waals surface area contributed by atoms with E-state index in [0.717, 1.165) is 24.0 Å². The van der Waals surface area contributed by atoms with Gasteiger partial charge >= 0.3 is 5.97 Å². The van der Waals surface area contributed by atoms with Gasteiger partial charge in [-0.05, 0) is 12.5 Å². The van der Waals surface area contributed by atoms with Gasteiger partial charge in [0.25, 0.3) is 5.79 Å². The topological polar surface area (TPSA) is 35.5 Å². The van der Waals surface area contributed by atoms with E-state index in [9.17, 15) is 4.79 Å². The summed E-state index contributed by atoms with van der Waals surface area (Å²) in [6.45, 7) is 2.75. The van der Waals surface area contributed by atoms with Gasteiger partial charge in [-0.25, -0.2) is 4.79 Å². The summed E-state index contributed by atoms with van der Waals surface area (Å²) in [6, 6.07) is 17.2. The Bertz CT molecular complexity index is 666. The normalized spacial score (nSPS) is 19.4. The fraction of sp³-hybridized carbons (Fsp3) is 0.350. The lowest BCUT2D eigenvalue weighted by molar-refractivity contribution is -0.174. The predicted molar refractivity (Wildman–Crippen MR) is 89.2 cm³/mol. The molecule has 0 spiro atoms. The number of unbranched alkanes of at least 4 members (excludes halogenated alkanes) is 3. The maximum Gasteiger partial charge on any atom is 0.341 e. The molecule has 1 aliphatic rings. The van der Waals surface area contributed by atoms with E-state index in [1.165, 1.54) is 12.8 Å². The number of cyclic esters (lactones) is 1. The fourth-order valence-electron chi connectivity index (χ4n) is 3.00. The number of fused-ring (bicyclic) bond motifs is 1. The molecule has 0 fully saturated rings. The number of carbonyl (C=O) groups is 1. The Labute approximate surface area is 137 Å². The molecule has 3 rings (SSSR count). The minimum Gasteiger partial charge on any atom is -0.420 e. The molecule has 3 nitrogen and oxygen atoms in total. The Morgan fingerprint density at radius 2 is 1.70 bits per heavy atom. The standard InChI is InChI=1S/C20H22O3/c1-2-3-4-10-15-22-20(16-11-6-5-7-12-16)18-14-9-8-13-17(18)19(21)23-20/h5-9,11-14H,2-4,10,15H2,1H3/t20-/m0/s1. The van der Waals surface area contributed by atoms with Crippen LogP contribution >= 0.6 is 0 Å². The zero-order valence-corrected chi connectivity index (χ0v) is 13.5. The van der Waals surface area contributed by atoms with E-state index >= 15 is 0 Å². The lowest BCUT2D eigenvalue weighted by atomic mass is 9.95. The van der Waals surface area contributed by atoms with E-state index in [0.29, 0.717) is 12.2 Å². The summed E-state index contributed by atoms with van der Waals surface area (Å²) in [6.07, 6.45) is 4.46. The maximum atomic E-state index is 12.3. The molecule has 0 N–H and O–H groups in total. The van der Waals surface area contributed by atoms with Gasteiger partial charge in [-0.3, -0.25) is 0 Å². The number of ether oxygens (including phenoxy) is 2. The van der Waals surface area contributed by atoms with Gasteiger partial charge in [0.2, 0.25) is 0 Å². The summed E-state index contributed by atoms with van der Waals surface area (Å²) in [7, 11) is 0. The van der Waals surface area contributed by atoms with Crippen LogP contribution in [0, 0.1) is 0 Å². The SMILES string of the molecule is CCCCCCO[C@@]1(c2ccccc2)OC(=O)c2ccccc21. The molecule has 1 aliphatic heterocycles. The van der Waals surface area contributed by atoms with Gasteiger partial charge in [0.05, 0.1) is 12.2 Å². The Kier molecular flexibility index (Phi) is 4.77. The van der Waals surface area contributed by atoms with Crippen LogP contribution in [0.15, 0.2) is 54.6 Å². The van der Waals surface area contributed by atoms with Crippen LogP contribution in [0.25, 0.3) is 0 Å². The molecule has 1 atom stereocenters. The second-order valence-electron chi connectivity index (χ2n) is 5.83. The minimum absolute atomic E-state index is 0.321. The lowest BCUT2D eigenvalue weighted by Crippen LogP contribution is -2.32. The third-order valence-electron chi connectivity index (χ3n) is 4.20. The van der Waals surface area contributed by atoms with Gasteiger partial charge in [0.1, 0.15) is 0 Å². The first kappa shape index (κ1) is 15.8. The van der Waals surface area contributed by atoms with Crippen LogP contribution in [0.1, 0.15) is 54.1 Å². The molecule has 0 radical (unpaired) electrons. The quantitative estimate of drug-likeness (QED) is 0.551.